The molecule has 1 unspecified atom stereocenters. The van der Waals surface area contributed by atoms with E-state index < -0.39 is 0 Å². The van der Waals surface area contributed by atoms with Crippen molar-refractivity contribution >= 4 is 5.69 Å². The first-order valence-electron chi connectivity index (χ1n) is 11.4. The van der Waals surface area contributed by atoms with Gasteiger partial charge in [0.05, 0.1) is 0 Å². The number of benzene rings is 2. The topological polar surface area (TPSA) is 48.6 Å². The maximum absolute atomic E-state index is 5.84. The molecule has 0 bridgehead atoms. The van der Waals surface area contributed by atoms with Crippen LogP contribution in [0.3, 0.4) is 0 Å². The Balaban J connectivity index is 1.39. The number of anilines is 1. The van der Waals surface area contributed by atoms with Gasteiger partial charge in [0.25, 0.3) is 0 Å². The molecule has 2 saturated heterocycles. The first kappa shape index (κ1) is 20.2. The first-order chi connectivity index (χ1) is 15.3. The molecular weight excluding hydrogens is 386 g/mol. The lowest BCUT2D eigenvalue weighted by Crippen LogP contribution is -2.46. The van der Waals surface area contributed by atoms with E-state index in [2.05, 4.69) is 75.4 Å². The van der Waals surface area contributed by atoms with Crippen molar-refractivity contribution in [1.29, 1.82) is 0 Å². The molecule has 2 fully saturated rings. The Kier molecular flexibility index (Phi) is 6.00. The number of aromatic nitrogens is 2. The van der Waals surface area contributed by atoms with Gasteiger partial charge in [-0.3, -0.25) is 4.90 Å². The highest BCUT2D eigenvalue weighted by atomic mass is 16.5. The van der Waals surface area contributed by atoms with E-state index in [0.29, 0.717) is 11.7 Å². The summed E-state index contributed by atoms with van der Waals surface area (Å²) in [6.07, 6.45) is 3.91. The Bertz CT molecular complexity index is 957. The smallest absolute Gasteiger partial charge is 0.248 e. The van der Waals surface area contributed by atoms with Crippen LogP contribution in [-0.2, 0) is 0 Å². The lowest BCUT2D eigenvalue weighted by Gasteiger charge is -2.36. The van der Waals surface area contributed by atoms with Crippen molar-refractivity contribution in [2.45, 2.75) is 25.3 Å². The molecule has 2 aliphatic rings. The molecule has 6 nitrogen and oxygen atoms in total. The monoisotopic (exact) mass is 417 g/mol. The molecule has 0 aliphatic carbocycles. The Morgan fingerprint density at radius 1 is 0.806 bits per heavy atom. The van der Waals surface area contributed by atoms with Crippen molar-refractivity contribution in [3.8, 4) is 11.4 Å². The minimum Gasteiger partial charge on any atom is -0.372 e. The molecule has 0 amide bonds. The molecule has 1 atom stereocenters. The second-order valence-electron chi connectivity index (χ2n) is 8.70. The van der Waals surface area contributed by atoms with Crippen LogP contribution in [0.2, 0.25) is 0 Å². The van der Waals surface area contributed by atoms with Crippen LogP contribution in [0.5, 0.6) is 0 Å². The highest BCUT2D eigenvalue weighted by Crippen LogP contribution is 2.30. The van der Waals surface area contributed by atoms with Crippen LogP contribution in [0.25, 0.3) is 11.4 Å². The zero-order valence-corrected chi connectivity index (χ0v) is 18.3. The maximum Gasteiger partial charge on any atom is 0.248 e. The predicted octanol–water partition coefficient (Wildman–Crippen LogP) is 4.06. The van der Waals surface area contributed by atoms with Gasteiger partial charge in [0.1, 0.15) is 6.04 Å². The minimum absolute atomic E-state index is 0.0104. The summed E-state index contributed by atoms with van der Waals surface area (Å²) in [5, 5.41) is 4.35. The van der Waals surface area contributed by atoms with Crippen molar-refractivity contribution in [3.05, 3.63) is 66.1 Å². The molecule has 0 N–H and O–H groups in total. The fourth-order valence-corrected chi connectivity index (χ4v) is 4.66. The van der Waals surface area contributed by atoms with Crippen molar-refractivity contribution in [2.75, 3.05) is 51.2 Å². The van der Waals surface area contributed by atoms with E-state index in [4.69, 9.17) is 9.51 Å². The number of hydrogen-bond donors (Lipinski definition) is 0. The maximum atomic E-state index is 5.84. The zero-order chi connectivity index (χ0) is 21.0. The number of piperidine rings is 1. The average molecular weight is 418 g/mol. The predicted molar refractivity (Wildman–Crippen MR) is 123 cm³/mol. The number of likely N-dealkylation sites (N-methyl/N-ethyl adjacent to an activating group) is 1. The fourth-order valence-electron chi connectivity index (χ4n) is 4.66. The van der Waals surface area contributed by atoms with Gasteiger partial charge in [0, 0.05) is 50.5 Å². The zero-order valence-electron chi connectivity index (χ0n) is 18.3. The highest BCUT2D eigenvalue weighted by molar-refractivity contribution is 5.60. The standard InChI is InChI=1S/C25H31N5O/c1-28-16-18-30(19-17-28)23(20-8-4-2-5-9-20)25-26-24(27-31-25)21-10-12-22(13-11-21)29-14-6-3-7-15-29/h2,4-5,8-13,23H,3,6-7,14-19H2,1H3. The van der Waals surface area contributed by atoms with Gasteiger partial charge in [-0.2, -0.15) is 4.98 Å². The quantitative estimate of drug-likeness (QED) is 0.624. The van der Waals surface area contributed by atoms with Crippen LogP contribution in [0.4, 0.5) is 5.69 Å². The molecule has 3 heterocycles. The number of hydrogen-bond acceptors (Lipinski definition) is 6. The lowest BCUT2D eigenvalue weighted by molar-refractivity contribution is 0.111. The van der Waals surface area contributed by atoms with Crippen LogP contribution < -0.4 is 4.90 Å². The molecular formula is C25H31N5O. The summed E-state index contributed by atoms with van der Waals surface area (Å²) < 4.78 is 5.84. The van der Waals surface area contributed by atoms with E-state index >= 15 is 0 Å². The summed E-state index contributed by atoms with van der Waals surface area (Å²) in [7, 11) is 2.17. The van der Waals surface area contributed by atoms with Gasteiger partial charge in [-0.15, -0.1) is 0 Å². The molecule has 31 heavy (non-hydrogen) atoms. The van der Waals surface area contributed by atoms with E-state index in [1.165, 1.54) is 30.5 Å². The second-order valence-corrected chi connectivity index (χ2v) is 8.70. The highest BCUT2D eigenvalue weighted by Gasteiger charge is 2.30. The molecule has 0 spiro atoms. The molecule has 162 valence electrons. The van der Waals surface area contributed by atoms with E-state index in [9.17, 15) is 0 Å². The first-order valence-corrected chi connectivity index (χ1v) is 11.4. The van der Waals surface area contributed by atoms with Crippen LogP contribution in [0.1, 0.15) is 36.8 Å². The van der Waals surface area contributed by atoms with Crippen molar-refractivity contribution in [2.24, 2.45) is 0 Å². The van der Waals surface area contributed by atoms with Crippen molar-refractivity contribution in [3.63, 3.8) is 0 Å². The average Bonchev–Trinajstić information content (AvgIpc) is 3.32. The number of nitrogens with zero attached hydrogens (tertiary/aromatic N) is 5. The Labute approximate surface area is 184 Å². The molecule has 5 rings (SSSR count). The van der Waals surface area contributed by atoms with Crippen molar-refractivity contribution in [1.82, 2.24) is 19.9 Å². The van der Waals surface area contributed by atoms with E-state index in [-0.39, 0.29) is 6.04 Å². The second kappa shape index (κ2) is 9.20. The summed E-state index contributed by atoms with van der Waals surface area (Å²) in [5.41, 5.74) is 3.48. The van der Waals surface area contributed by atoms with Gasteiger partial charge in [0.15, 0.2) is 0 Å². The van der Waals surface area contributed by atoms with Crippen LogP contribution >= 0.6 is 0 Å². The number of rotatable bonds is 5. The third-order valence-electron chi connectivity index (χ3n) is 6.54. The van der Waals surface area contributed by atoms with Crippen LogP contribution in [0, 0.1) is 0 Å². The minimum atomic E-state index is -0.0104. The van der Waals surface area contributed by atoms with E-state index in [1.54, 1.807) is 0 Å². The SMILES string of the molecule is CN1CCN(C(c2ccccc2)c2nc(-c3ccc(N4CCCCC4)cc3)no2)CC1. The third kappa shape index (κ3) is 4.50. The molecule has 2 aliphatic heterocycles. The molecule has 3 aromatic rings. The summed E-state index contributed by atoms with van der Waals surface area (Å²) in [6.45, 7) is 6.35. The van der Waals surface area contributed by atoms with Gasteiger partial charge in [0.2, 0.25) is 11.7 Å². The van der Waals surface area contributed by atoms with E-state index in [1.807, 2.05) is 6.07 Å². The summed E-state index contributed by atoms with van der Waals surface area (Å²) >= 11 is 0. The van der Waals surface area contributed by atoms with Crippen LogP contribution in [0.15, 0.2) is 59.1 Å². The van der Waals surface area contributed by atoms with Gasteiger partial charge in [-0.1, -0.05) is 35.5 Å². The van der Waals surface area contributed by atoms with Crippen molar-refractivity contribution < 1.29 is 4.52 Å². The molecule has 6 heteroatoms. The lowest BCUT2D eigenvalue weighted by atomic mass is 10.0. The normalized spacial score (nSPS) is 19.5. The molecule has 1 aromatic heterocycles. The number of piperazine rings is 1. The van der Waals surface area contributed by atoms with Crippen LogP contribution in [-0.4, -0.2) is 66.3 Å². The van der Waals surface area contributed by atoms with E-state index in [0.717, 1.165) is 44.8 Å². The Hall–Kier alpha value is -2.70. The van der Waals surface area contributed by atoms with Gasteiger partial charge < -0.3 is 14.3 Å². The van der Waals surface area contributed by atoms with Gasteiger partial charge in [-0.05, 0) is 56.1 Å². The Morgan fingerprint density at radius 2 is 1.52 bits per heavy atom. The third-order valence-corrected chi connectivity index (χ3v) is 6.54. The Morgan fingerprint density at radius 3 is 2.23 bits per heavy atom. The molecule has 0 saturated carbocycles. The largest absolute Gasteiger partial charge is 0.372 e. The summed E-state index contributed by atoms with van der Waals surface area (Å²) in [4.78, 5) is 12.1. The summed E-state index contributed by atoms with van der Waals surface area (Å²) in [5.74, 6) is 1.33. The van der Waals surface area contributed by atoms with Gasteiger partial charge >= 0.3 is 0 Å². The molecule has 2 aromatic carbocycles. The summed E-state index contributed by atoms with van der Waals surface area (Å²) in [6, 6.07) is 19.1. The van der Waals surface area contributed by atoms with Gasteiger partial charge in [-0.25, -0.2) is 0 Å². The molecule has 0 radical (unpaired) electrons. The fraction of sp³-hybridized carbons (Fsp3) is 0.440.